The van der Waals surface area contributed by atoms with Crippen LogP contribution in [0, 0.1) is 5.92 Å². The van der Waals surface area contributed by atoms with Crippen LogP contribution >= 0.6 is 0 Å². The summed E-state index contributed by atoms with van der Waals surface area (Å²) in [6.07, 6.45) is -1.15. The molecule has 0 aliphatic heterocycles. The molecule has 29 heavy (non-hydrogen) atoms. The van der Waals surface area contributed by atoms with Crippen molar-refractivity contribution in [1.29, 1.82) is 0 Å². The predicted octanol–water partition coefficient (Wildman–Crippen LogP) is 2.20. The quantitative estimate of drug-likeness (QED) is 0.595. The molecule has 0 saturated heterocycles. The van der Waals surface area contributed by atoms with E-state index < -0.39 is 22.9 Å². The van der Waals surface area contributed by atoms with Crippen molar-refractivity contribution in [1.82, 2.24) is 15.1 Å². The van der Waals surface area contributed by atoms with Gasteiger partial charge in [0.1, 0.15) is 11.4 Å². The summed E-state index contributed by atoms with van der Waals surface area (Å²) in [5.74, 6) is -1.10. The van der Waals surface area contributed by atoms with Gasteiger partial charge in [0, 0.05) is 25.4 Å². The highest BCUT2D eigenvalue weighted by Gasteiger charge is 2.38. The van der Waals surface area contributed by atoms with Gasteiger partial charge in [-0.25, -0.2) is 0 Å². The first-order chi connectivity index (χ1) is 13.7. The average molecular weight is 407 g/mol. The van der Waals surface area contributed by atoms with E-state index in [0.717, 1.165) is 12.8 Å². The van der Waals surface area contributed by atoms with Crippen molar-refractivity contribution in [3.63, 3.8) is 0 Å². The summed E-state index contributed by atoms with van der Waals surface area (Å²) < 4.78 is 41.9. The summed E-state index contributed by atoms with van der Waals surface area (Å²) in [7, 11) is 1.67. The normalized spacial score (nSPS) is 14.3. The number of nitrogens with zero attached hydrogens (tertiary/aromatic N) is 4. The van der Waals surface area contributed by atoms with Gasteiger partial charge in [-0.3, -0.25) is 14.6 Å². The molecule has 8 nitrogen and oxygen atoms in total. The topological polar surface area (TPSA) is 101 Å². The van der Waals surface area contributed by atoms with Gasteiger partial charge in [0.2, 0.25) is 5.82 Å². The Kier molecular flexibility index (Phi) is 4.59. The van der Waals surface area contributed by atoms with Crippen LogP contribution in [0.15, 0.2) is 32.4 Å². The van der Waals surface area contributed by atoms with Crippen molar-refractivity contribution < 1.29 is 17.7 Å². The van der Waals surface area contributed by atoms with E-state index >= 15 is 0 Å². The second kappa shape index (κ2) is 6.98. The SMILES string of the molecule is CN(Cc1ccc(-c2noc(C(F)(F)F)n2)cn1)c1c(NCC2CC2)c(=O)c1=O. The van der Waals surface area contributed by atoms with Crippen molar-refractivity contribution in [2.45, 2.75) is 25.6 Å². The van der Waals surface area contributed by atoms with E-state index in [1.807, 2.05) is 0 Å². The first kappa shape index (κ1) is 19.1. The molecule has 0 spiro atoms. The zero-order valence-corrected chi connectivity index (χ0v) is 15.3. The number of hydrogen-bond donors (Lipinski definition) is 1. The minimum atomic E-state index is -4.72. The van der Waals surface area contributed by atoms with E-state index in [2.05, 4.69) is 25.0 Å². The number of hydrogen-bond acceptors (Lipinski definition) is 8. The number of nitrogens with one attached hydrogen (secondary N) is 1. The van der Waals surface area contributed by atoms with Crippen LogP contribution in [0.1, 0.15) is 24.4 Å². The van der Waals surface area contributed by atoms with E-state index in [1.165, 1.54) is 12.3 Å². The fourth-order valence-corrected chi connectivity index (χ4v) is 2.90. The van der Waals surface area contributed by atoms with Crippen LogP contribution in [0.25, 0.3) is 11.4 Å². The third-order valence-electron chi connectivity index (χ3n) is 4.68. The summed E-state index contributed by atoms with van der Waals surface area (Å²) in [6.45, 7) is 0.909. The highest BCUT2D eigenvalue weighted by atomic mass is 19.4. The Bertz CT molecular complexity index is 1100. The molecule has 2 heterocycles. The standard InChI is InChI=1S/C18H16F3N5O3/c1-26(13-12(14(27)15(13)28)23-6-9-2-3-9)8-11-5-4-10(7-22-11)16-24-17(29-25-16)18(19,20)21/h4-5,7,9,23H,2-3,6,8H2,1H3. The highest BCUT2D eigenvalue weighted by molar-refractivity contribution is 5.75. The number of alkyl halides is 3. The maximum absolute atomic E-state index is 12.6. The number of pyridine rings is 1. The second-order valence-corrected chi connectivity index (χ2v) is 7.02. The molecular formula is C18H16F3N5O3. The molecule has 1 saturated carbocycles. The molecule has 4 rings (SSSR count). The van der Waals surface area contributed by atoms with Crippen molar-refractivity contribution in [2.24, 2.45) is 5.92 Å². The number of rotatable bonds is 7. The molecule has 1 fully saturated rings. The Balaban J connectivity index is 1.45. The minimum absolute atomic E-state index is 0.223. The molecule has 0 radical (unpaired) electrons. The Hall–Kier alpha value is -3.24. The molecule has 0 unspecified atom stereocenters. The Morgan fingerprint density at radius 3 is 2.59 bits per heavy atom. The Morgan fingerprint density at radius 1 is 1.24 bits per heavy atom. The molecule has 152 valence electrons. The highest BCUT2D eigenvalue weighted by Crippen LogP contribution is 2.31. The van der Waals surface area contributed by atoms with Gasteiger partial charge in [-0.2, -0.15) is 18.2 Å². The maximum atomic E-state index is 12.6. The van der Waals surface area contributed by atoms with Gasteiger partial charge in [0.15, 0.2) is 0 Å². The first-order valence-electron chi connectivity index (χ1n) is 8.88. The monoisotopic (exact) mass is 407 g/mol. The third-order valence-corrected chi connectivity index (χ3v) is 4.68. The largest absolute Gasteiger partial charge is 0.471 e. The Labute approximate surface area is 162 Å². The molecule has 0 bridgehead atoms. The molecule has 1 N–H and O–H groups in total. The van der Waals surface area contributed by atoms with Crippen molar-refractivity contribution >= 4 is 11.4 Å². The van der Waals surface area contributed by atoms with E-state index in [-0.39, 0.29) is 17.9 Å². The molecule has 1 aromatic carbocycles. The van der Waals surface area contributed by atoms with Crippen LogP contribution in [0.2, 0.25) is 0 Å². The number of anilines is 2. The lowest BCUT2D eigenvalue weighted by atomic mass is 10.1. The molecule has 0 amide bonds. The lowest BCUT2D eigenvalue weighted by Gasteiger charge is -2.23. The van der Waals surface area contributed by atoms with E-state index in [1.54, 1.807) is 18.0 Å². The van der Waals surface area contributed by atoms with E-state index in [4.69, 9.17) is 0 Å². The number of halogens is 3. The summed E-state index contributed by atoms with van der Waals surface area (Å²) in [5.41, 5.74) is 0.387. The minimum Gasteiger partial charge on any atom is -0.380 e. The van der Waals surface area contributed by atoms with Gasteiger partial charge in [-0.05, 0) is 30.9 Å². The van der Waals surface area contributed by atoms with Gasteiger partial charge < -0.3 is 14.7 Å². The van der Waals surface area contributed by atoms with Crippen LogP contribution in [-0.4, -0.2) is 28.7 Å². The van der Waals surface area contributed by atoms with Gasteiger partial charge in [0.05, 0.1) is 12.2 Å². The van der Waals surface area contributed by atoms with Crippen molar-refractivity contribution in [3.8, 4) is 11.4 Å². The van der Waals surface area contributed by atoms with Crippen molar-refractivity contribution in [3.05, 3.63) is 50.4 Å². The van der Waals surface area contributed by atoms with E-state index in [0.29, 0.717) is 29.5 Å². The van der Waals surface area contributed by atoms with Crippen LogP contribution in [-0.2, 0) is 12.7 Å². The summed E-state index contributed by atoms with van der Waals surface area (Å²) in [6, 6.07) is 3.09. The van der Waals surface area contributed by atoms with Crippen molar-refractivity contribution in [2.75, 3.05) is 23.8 Å². The summed E-state index contributed by atoms with van der Waals surface area (Å²) in [4.78, 5) is 32.9. The molecule has 0 atom stereocenters. The molecule has 2 aromatic heterocycles. The smallest absolute Gasteiger partial charge is 0.380 e. The van der Waals surface area contributed by atoms with E-state index in [9.17, 15) is 22.8 Å². The zero-order valence-electron chi connectivity index (χ0n) is 15.3. The van der Waals surface area contributed by atoms with Crippen LogP contribution in [0.5, 0.6) is 0 Å². The molecule has 3 aromatic rings. The van der Waals surface area contributed by atoms with Crippen LogP contribution in [0.3, 0.4) is 0 Å². The van der Waals surface area contributed by atoms with Crippen LogP contribution in [0.4, 0.5) is 24.5 Å². The first-order valence-corrected chi connectivity index (χ1v) is 8.88. The fourth-order valence-electron chi connectivity index (χ4n) is 2.90. The molecule has 1 aliphatic rings. The lowest BCUT2D eigenvalue weighted by molar-refractivity contribution is -0.159. The van der Waals surface area contributed by atoms with Gasteiger partial charge in [-0.15, -0.1) is 0 Å². The second-order valence-electron chi connectivity index (χ2n) is 7.02. The summed E-state index contributed by atoms with van der Waals surface area (Å²) >= 11 is 0. The molecule has 1 aliphatic carbocycles. The fraction of sp³-hybridized carbons (Fsp3) is 0.389. The van der Waals surface area contributed by atoms with Crippen LogP contribution < -0.4 is 21.1 Å². The summed E-state index contributed by atoms with van der Waals surface area (Å²) in [5, 5.41) is 6.36. The third kappa shape index (κ3) is 3.84. The van der Waals surface area contributed by atoms with Gasteiger partial charge in [-0.1, -0.05) is 5.16 Å². The molecular weight excluding hydrogens is 391 g/mol. The average Bonchev–Trinajstić information content (AvgIpc) is 3.36. The van der Waals surface area contributed by atoms with Gasteiger partial charge in [0.25, 0.3) is 10.9 Å². The lowest BCUT2D eigenvalue weighted by Crippen LogP contribution is -2.41. The predicted molar refractivity (Wildman–Crippen MR) is 97.2 cm³/mol. The molecule has 11 heteroatoms. The Morgan fingerprint density at radius 2 is 2.00 bits per heavy atom. The maximum Gasteiger partial charge on any atom is 0.471 e. The zero-order chi connectivity index (χ0) is 20.8. The van der Waals surface area contributed by atoms with Gasteiger partial charge >= 0.3 is 12.1 Å². The number of aromatic nitrogens is 3.